The Balaban J connectivity index is 1.98. The van der Waals surface area contributed by atoms with Gasteiger partial charge in [-0.25, -0.2) is 0 Å². The van der Waals surface area contributed by atoms with Crippen LogP contribution in [0.3, 0.4) is 0 Å². The van der Waals surface area contributed by atoms with Crippen LogP contribution in [0.2, 0.25) is 0 Å². The summed E-state index contributed by atoms with van der Waals surface area (Å²) < 4.78 is 5.04. The first-order valence-corrected chi connectivity index (χ1v) is 6.57. The Hall–Kier alpha value is -1.82. The van der Waals surface area contributed by atoms with Gasteiger partial charge in [-0.1, -0.05) is 11.2 Å². The number of aryl methyl sites for hydroxylation is 1. The lowest BCUT2D eigenvalue weighted by atomic mass is 10.2. The topological polar surface area (TPSA) is 59.2 Å². The number of thioether (sulfide) groups is 1. The maximum Gasteiger partial charge on any atom is 0.239 e. The molecule has 0 radical (unpaired) electrons. The fraction of sp³-hybridized carbons (Fsp3) is 0.250. The van der Waals surface area contributed by atoms with Crippen LogP contribution in [0.1, 0.15) is 16.7 Å². The van der Waals surface area contributed by atoms with E-state index >= 15 is 0 Å². The average Bonchev–Trinajstić information content (AvgIpc) is 2.96. The molecule has 3 rings (SSSR count). The van der Waals surface area contributed by atoms with E-state index in [-0.39, 0.29) is 11.3 Å². The summed E-state index contributed by atoms with van der Waals surface area (Å²) in [5.74, 6) is 1.75. The highest BCUT2D eigenvalue weighted by atomic mass is 32.2. The SMILES string of the molecule is Cc1cc(N2C(=O)CSC2c2cccnc2)no1. The first-order chi connectivity index (χ1) is 8.75. The van der Waals surface area contributed by atoms with Gasteiger partial charge in [-0.2, -0.15) is 0 Å². The molecule has 1 fully saturated rings. The third kappa shape index (κ3) is 1.88. The second-order valence-corrected chi connectivity index (χ2v) is 5.08. The molecule has 1 atom stereocenters. The van der Waals surface area contributed by atoms with Crippen LogP contribution in [0, 0.1) is 6.92 Å². The minimum Gasteiger partial charge on any atom is -0.360 e. The zero-order valence-electron chi connectivity index (χ0n) is 9.74. The van der Waals surface area contributed by atoms with Crippen LogP contribution in [0.5, 0.6) is 0 Å². The van der Waals surface area contributed by atoms with E-state index in [1.165, 1.54) is 0 Å². The fourth-order valence-corrected chi connectivity index (χ4v) is 3.05. The summed E-state index contributed by atoms with van der Waals surface area (Å²) in [4.78, 5) is 17.7. The lowest BCUT2D eigenvalue weighted by Crippen LogP contribution is -2.28. The van der Waals surface area contributed by atoms with Crippen molar-refractivity contribution in [3.05, 3.63) is 41.9 Å². The van der Waals surface area contributed by atoms with E-state index in [0.29, 0.717) is 17.3 Å². The first kappa shape index (κ1) is 11.3. The fourth-order valence-electron chi connectivity index (χ4n) is 1.91. The number of aromatic nitrogens is 2. The molecule has 92 valence electrons. The van der Waals surface area contributed by atoms with Crippen molar-refractivity contribution >= 4 is 23.5 Å². The van der Waals surface area contributed by atoms with Crippen LogP contribution >= 0.6 is 11.8 Å². The molecule has 5 nitrogen and oxygen atoms in total. The Morgan fingerprint density at radius 1 is 1.56 bits per heavy atom. The number of anilines is 1. The molecule has 18 heavy (non-hydrogen) atoms. The van der Waals surface area contributed by atoms with E-state index < -0.39 is 0 Å². The van der Waals surface area contributed by atoms with E-state index in [1.54, 1.807) is 35.1 Å². The molecule has 0 saturated carbocycles. The van der Waals surface area contributed by atoms with Gasteiger partial charge in [-0.05, 0) is 13.0 Å². The molecular weight excluding hydrogens is 250 g/mol. The largest absolute Gasteiger partial charge is 0.360 e. The Labute approximate surface area is 108 Å². The Morgan fingerprint density at radius 2 is 2.44 bits per heavy atom. The van der Waals surface area contributed by atoms with E-state index in [1.807, 2.05) is 19.1 Å². The molecule has 0 spiro atoms. The Bertz CT molecular complexity index is 570. The van der Waals surface area contributed by atoms with Crippen LogP contribution in [0.25, 0.3) is 0 Å². The second kappa shape index (κ2) is 4.45. The maximum absolute atomic E-state index is 12.0. The number of nitrogens with zero attached hydrogens (tertiary/aromatic N) is 3. The smallest absolute Gasteiger partial charge is 0.239 e. The number of carbonyl (C=O) groups excluding carboxylic acids is 1. The number of hydrogen-bond acceptors (Lipinski definition) is 5. The predicted molar refractivity (Wildman–Crippen MR) is 68.2 cm³/mol. The van der Waals surface area contributed by atoms with Crippen molar-refractivity contribution in [2.24, 2.45) is 0 Å². The summed E-state index contributed by atoms with van der Waals surface area (Å²) >= 11 is 1.57. The molecule has 0 aromatic carbocycles. The third-order valence-electron chi connectivity index (χ3n) is 2.70. The van der Waals surface area contributed by atoms with Crippen LogP contribution < -0.4 is 4.90 Å². The highest BCUT2D eigenvalue weighted by Crippen LogP contribution is 2.40. The summed E-state index contributed by atoms with van der Waals surface area (Å²) in [6, 6.07) is 5.60. The second-order valence-electron chi connectivity index (χ2n) is 4.01. The molecule has 1 aliphatic rings. The van der Waals surface area contributed by atoms with Crippen LogP contribution in [0.15, 0.2) is 35.1 Å². The molecule has 0 bridgehead atoms. The number of carbonyl (C=O) groups is 1. The lowest BCUT2D eigenvalue weighted by molar-refractivity contribution is -0.115. The van der Waals surface area contributed by atoms with E-state index in [9.17, 15) is 4.79 Å². The van der Waals surface area contributed by atoms with Gasteiger partial charge in [-0.15, -0.1) is 11.8 Å². The molecule has 2 aromatic rings. The van der Waals surface area contributed by atoms with Crippen molar-refractivity contribution < 1.29 is 9.32 Å². The van der Waals surface area contributed by atoms with Crippen LogP contribution in [-0.2, 0) is 4.79 Å². The van der Waals surface area contributed by atoms with Gasteiger partial charge < -0.3 is 4.52 Å². The summed E-state index contributed by atoms with van der Waals surface area (Å²) in [5, 5.41) is 3.85. The molecule has 0 aliphatic carbocycles. The molecule has 1 aliphatic heterocycles. The van der Waals surface area contributed by atoms with Gasteiger partial charge >= 0.3 is 0 Å². The standard InChI is InChI=1S/C12H11N3O2S/c1-8-5-10(14-17-8)15-11(16)7-18-12(15)9-3-2-4-13-6-9/h2-6,12H,7H2,1H3. The third-order valence-corrected chi connectivity index (χ3v) is 3.91. The molecule has 6 heteroatoms. The number of hydrogen-bond donors (Lipinski definition) is 0. The van der Waals surface area contributed by atoms with Crippen molar-refractivity contribution in [3.63, 3.8) is 0 Å². The van der Waals surface area contributed by atoms with Crippen molar-refractivity contribution in [1.29, 1.82) is 0 Å². The highest BCUT2D eigenvalue weighted by molar-refractivity contribution is 8.00. The van der Waals surface area contributed by atoms with E-state index in [0.717, 1.165) is 5.56 Å². The molecule has 1 amide bonds. The van der Waals surface area contributed by atoms with E-state index in [2.05, 4.69) is 10.1 Å². The normalized spacial score (nSPS) is 19.5. The summed E-state index contributed by atoms with van der Waals surface area (Å²) in [6.45, 7) is 1.81. The molecule has 1 unspecified atom stereocenters. The van der Waals surface area contributed by atoms with Gasteiger partial charge in [0.25, 0.3) is 0 Å². The van der Waals surface area contributed by atoms with Crippen LogP contribution in [0.4, 0.5) is 5.82 Å². The summed E-state index contributed by atoms with van der Waals surface area (Å²) in [7, 11) is 0. The van der Waals surface area contributed by atoms with Gasteiger partial charge in [0.15, 0.2) is 5.82 Å². The molecule has 1 saturated heterocycles. The lowest BCUT2D eigenvalue weighted by Gasteiger charge is -2.20. The van der Waals surface area contributed by atoms with Crippen LogP contribution in [-0.4, -0.2) is 21.8 Å². The monoisotopic (exact) mass is 261 g/mol. The molecular formula is C12H11N3O2S. The first-order valence-electron chi connectivity index (χ1n) is 5.52. The Morgan fingerprint density at radius 3 is 3.11 bits per heavy atom. The number of rotatable bonds is 2. The van der Waals surface area contributed by atoms with Gasteiger partial charge in [0.1, 0.15) is 11.1 Å². The molecule has 3 heterocycles. The van der Waals surface area contributed by atoms with E-state index in [4.69, 9.17) is 4.52 Å². The van der Waals surface area contributed by atoms with Crippen molar-refractivity contribution in [3.8, 4) is 0 Å². The van der Waals surface area contributed by atoms with Crippen molar-refractivity contribution in [1.82, 2.24) is 10.1 Å². The summed E-state index contributed by atoms with van der Waals surface area (Å²) in [6.07, 6.45) is 3.49. The minimum atomic E-state index is -0.0734. The minimum absolute atomic E-state index is 0.0437. The number of amides is 1. The highest BCUT2D eigenvalue weighted by Gasteiger charge is 2.35. The van der Waals surface area contributed by atoms with Gasteiger partial charge in [-0.3, -0.25) is 14.7 Å². The molecule has 2 aromatic heterocycles. The van der Waals surface area contributed by atoms with Crippen molar-refractivity contribution in [2.45, 2.75) is 12.3 Å². The Kier molecular flexibility index (Phi) is 2.79. The quantitative estimate of drug-likeness (QED) is 0.829. The summed E-state index contributed by atoms with van der Waals surface area (Å²) in [5.41, 5.74) is 0.994. The average molecular weight is 261 g/mol. The van der Waals surface area contributed by atoms with Crippen molar-refractivity contribution in [2.75, 3.05) is 10.7 Å². The number of pyridine rings is 1. The molecule has 0 N–H and O–H groups in total. The maximum atomic E-state index is 12.0. The zero-order chi connectivity index (χ0) is 12.5. The predicted octanol–water partition coefficient (Wildman–Crippen LogP) is 2.16. The van der Waals surface area contributed by atoms with Gasteiger partial charge in [0, 0.05) is 24.0 Å². The zero-order valence-corrected chi connectivity index (χ0v) is 10.6. The van der Waals surface area contributed by atoms with Gasteiger partial charge in [0.05, 0.1) is 5.75 Å². The van der Waals surface area contributed by atoms with Gasteiger partial charge in [0.2, 0.25) is 5.91 Å².